The summed E-state index contributed by atoms with van der Waals surface area (Å²) in [6.07, 6.45) is 3.19. The molecule has 2 aliphatic rings. The zero-order chi connectivity index (χ0) is 19.9. The third kappa shape index (κ3) is 4.98. The number of guanidine groups is 1. The fraction of sp³-hybridized carbons (Fsp3) is 0.318. The quantitative estimate of drug-likeness (QED) is 0.434. The maximum absolute atomic E-state index is 5.72. The van der Waals surface area contributed by atoms with Gasteiger partial charge in [0.05, 0.1) is 29.6 Å². The van der Waals surface area contributed by atoms with Crippen LogP contribution in [0.4, 0.5) is 0 Å². The molecule has 2 aliphatic heterocycles. The van der Waals surface area contributed by atoms with Crippen molar-refractivity contribution in [3.8, 4) is 17.0 Å². The third-order valence-corrected chi connectivity index (χ3v) is 5.50. The molecule has 0 atom stereocenters. The van der Waals surface area contributed by atoms with Crippen LogP contribution in [0.15, 0.2) is 51.8 Å². The number of rotatable bonds is 6. The van der Waals surface area contributed by atoms with Gasteiger partial charge in [0.15, 0.2) is 5.96 Å². The van der Waals surface area contributed by atoms with Crippen molar-refractivity contribution in [2.24, 2.45) is 9.98 Å². The van der Waals surface area contributed by atoms with E-state index in [-0.39, 0.29) is 0 Å². The average Bonchev–Trinajstić information content (AvgIpc) is 2.79. The highest BCUT2D eigenvalue weighted by atomic mass is 32.2. The number of pyridine rings is 1. The second kappa shape index (κ2) is 9.60. The number of benzene rings is 1. The van der Waals surface area contributed by atoms with Crippen molar-refractivity contribution >= 4 is 30.1 Å². The van der Waals surface area contributed by atoms with E-state index >= 15 is 0 Å². The van der Waals surface area contributed by atoms with Crippen molar-refractivity contribution in [3.05, 3.63) is 53.1 Å². The number of hydrogen-bond donors (Lipinski definition) is 2. The van der Waals surface area contributed by atoms with Gasteiger partial charge in [-0.15, -0.1) is 11.8 Å². The summed E-state index contributed by atoms with van der Waals surface area (Å²) in [7, 11) is 0. The van der Waals surface area contributed by atoms with Crippen LogP contribution in [-0.4, -0.2) is 43.2 Å². The van der Waals surface area contributed by atoms with Gasteiger partial charge in [0, 0.05) is 24.1 Å². The third-order valence-electron chi connectivity index (χ3n) is 4.80. The SMILES string of the molecule is C=N/C(=C\SCNC1=NCCCN1)c1cccc(-c2ccc3c(c2)CCCO3)n1. The molecular formula is C22H25N5OS. The second-order valence-corrected chi connectivity index (χ2v) is 7.70. The molecule has 0 bridgehead atoms. The van der Waals surface area contributed by atoms with Gasteiger partial charge in [-0.05, 0) is 61.9 Å². The predicted octanol–water partition coefficient (Wildman–Crippen LogP) is 3.70. The maximum Gasteiger partial charge on any atom is 0.191 e. The minimum Gasteiger partial charge on any atom is -0.493 e. The van der Waals surface area contributed by atoms with Crippen LogP contribution in [0, 0.1) is 0 Å². The Kier molecular flexibility index (Phi) is 6.46. The number of fused-ring (bicyclic) bond motifs is 1. The molecule has 7 heteroatoms. The summed E-state index contributed by atoms with van der Waals surface area (Å²) in [5.74, 6) is 2.56. The standard InChI is InChI=1S/C22H25N5OS/c1-23-20(14-29-15-26-22-24-10-4-11-25-22)19-7-2-6-18(27-19)16-8-9-21-17(13-16)5-3-12-28-21/h2,6-9,13-14H,1,3-5,10-12,15H2,(H2,24,25,26)/b20-14-. The number of nitrogens with zero attached hydrogens (tertiary/aromatic N) is 3. The van der Waals surface area contributed by atoms with Gasteiger partial charge in [-0.3, -0.25) is 9.98 Å². The van der Waals surface area contributed by atoms with Crippen molar-refractivity contribution < 1.29 is 4.74 Å². The summed E-state index contributed by atoms with van der Waals surface area (Å²) >= 11 is 1.61. The minimum absolute atomic E-state index is 0.704. The summed E-state index contributed by atoms with van der Waals surface area (Å²) in [6, 6.07) is 12.3. The summed E-state index contributed by atoms with van der Waals surface area (Å²) in [5.41, 5.74) is 4.84. The van der Waals surface area contributed by atoms with Crippen LogP contribution in [0.25, 0.3) is 17.0 Å². The van der Waals surface area contributed by atoms with Crippen LogP contribution in [0.2, 0.25) is 0 Å². The maximum atomic E-state index is 5.72. The fourth-order valence-electron chi connectivity index (χ4n) is 3.32. The van der Waals surface area contributed by atoms with Crippen molar-refractivity contribution in [3.63, 3.8) is 0 Å². The molecule has 1 aromatic carbocycles. The van der Waals surface area contributed by atoms with Crippen LogP contribution in [0.5, 0.6) is 5.75 Å². The molecule has 0 aliphatic carbocycles. The Morgan fingerprint density at radius 1 is 1.31 bits per heavy atom. The Hall–Kier alpha value is -2.80. The van der Waals surface area contributed by atoms with Gasteiger partial charge >= 0.3 is 0 Å². The Balaban J connectivity index is 1.46. The number of ether oxygens (including phenoxy) is 1. The molecule has 0 radical (unpaired) electrons. The van der Waals surface area contributed by atoms with E-state index in [0.717, 1.165) is 73.3 Å². The van der Waals surface area contributed by atoms with E-state index in [4.69, 9.17) is 9.72 Å². The molecule has 0 fully saturated rings. The molecule has 4 rings (SSSR count). The topological polar surface area (TPSA) is 70.9 Å². The first-order valence-corrected chi connectivity index (χ1v) is 10.9. The van der Waals surface area contributed by atoms with Crippen molar-refractivity contribution in [1.29, 1.82) is 0 Å². The number of aliphatic imine (C=N–C) groups is 2. The molecule has 0 unspecified atom stereocenters. The number of nitrogens with one attached hydrogen (secondary N) is 2. The van der Waals surface area contributed by atoms with E-state index in [2.05, 4.69) is 39.5 Å². The predicted molar refractivity (Wildman–Crippen MR) is 122 cm³/mol. The zero-order valence-corrected chi connectivity index (χ0v) is 17.2. The summed E-state index contributed by atoms with van der Waals surface area (Å²) in [4.78, 5) is 13.4. The molecule has 0 spiro atoms. The molecule has 2 aromatic rings. The van der Waals surface area contributed by atoms with Crippen LogP contribution in [-0.2, 0) is 6.42 Å². The number of aromatic nitrogens is 1. The lowest BCUT2D eigenvalue weighted by Gasteiger charge is -2.17. The van der Waals surface area contributed by atoms with Crippen LogP contribution in [0.3, 0.4) is 0 Å². The molecule has 3 heterocycles. The summed E-state index contributed by atoms with van der Waals surface area (Å²) < 4.78 is 5.72. The van der Waals surface area contributed by atoms with E-state index in [1.165, 1.54) is 5.56 Å². The van der Waals surface area contributed by atoms with Gasteiger partial charge in [0.25, 0.3) is 0 Å². The molecule has 6 nitrogen and oxygen atoms in total. The van der Waals surface area contributed by atoms with Gasteiger partial charge in [0.2, 0.25) is 0 Å². The lowest BCUT2D eigenvalue weighted by molar-refractivity contribution is 0.288. The van der Waals surface area contributed by atoms with Gasteiger partial charge < -0.3 is 15.4 Å². The molecular weight excluding hydrogens is 382 g/mol. The molecule has 0 saturated carbocycles. The molecule has 0 amide bonds. The smallest absolute Gasteiger partial charge is 0.191 e. The highest BCUT2D eigenvalue weighted by Crippen LogP contribution is 2.30. The normalized spacial score (nSPS) is 16.1. The first kappa shape index (κ1) is 19.5. The van der Waals surface area contributed by atoms with Crippen molar-refractivity contribution in [1.82, 2.24) is 15.6 Å². The van der Waals surface area contributed by atoms with Gasteiger partial charge in [-0.2, -0.15) is 0 Å². The van der Waals surface area contributed by atoms with Crippen molar-refractivity contribution in [2.45, 2.75) is 19.3 Å². The number of thioether (sulfide) groups is 1. The Morgan fingerprint density at radius 3 is 3.14 bits per heavy atom. The Morgan fingerprint density at radius 2 is 2.28 bits per heavy atom. The number of hydrogen-bond acceptors (Lipinski definition) is 7. The van der Waals surface area contributed by atoms with E-state index in [1.807, 2.05) is 29.7 Å². The zero-order valence-electron chi connectivity index (χ0n) is 16.4. The monoisotopic (exact) mass is 407 g/mol. The molecule has 150 valence electrons. The van der Waals surface area contributed by atoms with Crippen LogP contribution >= 0.6 is 11.8 Å². The molecule has 1 aromatic heterocycles. The van der Waals surface area contributed by atoms with E-state index in [9.17, 15) is 0 Å². The first-order chi connectivity index (χ1) is 14.3. The highest BCUT2D eigenvalue weighted by molar-refractivity contribution is 8.02. The largest absolute Gasteiger partial charge is 0.493 e. The Bertz CT molecular complexity index is 941. The first-order valence-electron chi connectivity index (χ1n) is 9.88. The molecule has 29 heavy (non-hydrogen) atoms. The summed E-state index contributed by atoms with van der Waals surface area (Å²) in [5, 5.41) is 8.51. The lowest BCUT2D eigenvalue weighted by atomic mass is 10.0. The Labute approximate surface area is 175 Å². The molecule has 0 saturated heterocycles. The fourth-order valence-corrected chi connectivity index (χ4v) is 3.97. The minimum atomic E-state index is 0.704. The van der Waals surface area contributed by atoms with Gasteiger partial charge in [0.1, 0.15) is 5.75 Å². The highest BCUT2D eigenvalue weighted by Gasteiger charge is 2.12. The van der Waals surface area contributed by atoms with E-state index in [1.54, 1.807) is 11.8 Å². The van der Waals surface area contributed by atoms with Crippen molar-refractivity contribution in [2.75, 3.05) is 25.6 Å². The van der Waals surface area contributed by atoms with Crippen LogP contribution < -0.4 is 15.4 Å². The average molecular weight is 408 g/mol. The van der Waals surface area contributed by atoms with Crippen LogP contribution in [0.1, 0.15) is 24.1 Å². The summed E-state index contributed by atoms with van der Waals surface area (Å²) in [6.45, 7) is 6.37. The second-order valence-electron chi connectivity index (χ2n) is 6.84. The van der Waals surface area contributed by atoms with Gasteiger partial charge in [-0.1, -0.05) is 6.07 Å². The van der Waals surface area contributed by atoms with E-state index < -0.39 is 0 Å². The van der Waals surface area contributed by atoms with E-state index in [0.29, 0.717) is 5.88 Å². The molecule has 2 N–H and O–H groups in total. The number of aryl methyl sites for hydroxylation is 1. The lowest BCUT2D eigenvalue weighted by Crippen LogP contribution is -2.40. The van der Waals surface area contributed by atoms with Gasteiger partial charge in [-0.25, -0.2) is 4.98 Å².